The first-order valence-electron chi connectivity index (χ1n) is 7.94. The van der Waals surface area contributed by atoms with Crippen LogP contribution in [-0.2, 0) is 14.4 Å². The Kier molecular flexibility index (Phi) is 5.78. The van der Waals surface area contributed by atoms with E-state index >= 15 is 0 Å². The molecule has 0 unspecified atom stereocenters. The lowest BCUT2D eigenvalue weighted by molar-refractivity contribution is -0.129. The molecule has 7 nitrogen and oxygen atoms in total. The van der Waals surface area contributed by atoms with Crippen molar-refractivity contribution in [1.29, 1.82) is 0 Å². The van der Waals surface area contributed by atoms with Crippen molar-refractivity contribution in [3.05, 3.63) is 29.8 Å². The highest BCUT2D eigenvalue weighted by atomic mass is 16.5. The van der Waals surface area contributed by atoms with Gasteiger partial charge in [-0.25, -0.2) is 0 Å². The van der Waals surface area contributed by atoms with Crippen molar-refractivity contribution in [2.45, 2.75) is 19.4 Å². The first-order chi connectivity index (χ1) is 11.5. The summed E-state index contributed by atoms with van der Waals surface area (Å²) >= 11 is 0. The number of para-hydroxylation sites is 1. The second-order valence-corrected chi connectivity index (χ2v) is 5.57. The third kappa shape index (κ3) is 3.50. The van der Waals surface area contributed by atoms with Crippen molar-refractivity contribution in [3.8, 4) is 5.75 Å². The van der Waals surface area contributed by atoms with Gasteiger partial charge in [-0.1, -0.05) is 18.2 Å². The molecule has 2 N–H and O–H groups in total. The molecule has 130 valence electrons. The third-order valence-electron chi connectivity index (χ3n) is 4.27. The topological polar surface area (TPSA) is 87.7 Å². The molecule has 0 bridgehead atoms. The van der Waals surface area contributed by atoms with Crippen LogP contribution in [-0.4, -0.2) is 49.9 Å². The Morgan fingerprint density at radius 1 is 1.33 bits per heavy atom. The molecule has 2 rings (SSSR count). The number of amides is 3. The van der Waals surface area contributed by atoms with Crippen LogP contribution in [0.25, 0.3) is 0 Å². The van der Waals surface area contributed by atoms with Crippen molar-refractivity contribution in [2.75, 3.05) is 27.2 Å². The molecule has 0 saturated carbocycles. The summed E-state index contributed by atoms with van der Waals surface area (Å²) in [6.45, 7) is 2.27. The van der Waals surface area contributed by atoms with E-state index in [1.165, 1.54) is 7.05 Å². The molecule has 3 amide bonds. The molecule has 1 aliphatic rings. The zero-order valence-corrected chi connectivity index (χ0v) is 14.2. The number of hydrogen-bond acceptors (Lipinski definition) is 4. The molecule has 24 heavy (non-hydrogen) atoms. The largest absolute Gasteiger partial charge is 0.496 e. The molecular formula is C17H23N3O4. The van der Waals surface area contributed by atoms with Gasteiger partial charge in [-0.3, -0.25) is 14.4 Å². The van der Waals surface area contributed by atoms with E-state index in [1.807, 2.05) is 31.2 Å². The van der Waals surface area contributed by atoms with E-state index in [4.69, 9.17) is 4.74 Å². The zero-order valence-electron chi connectivity index (χ0n) is 14.2. The van der Waals surface area contributed by atoms with Crippen molar-refractivity contribution in [3.63, 3.8) is 0 Å². The van der Waals surface area contributed by atoms with Gasteiger partial charge in [0.1, 0.15) is 5.75 Å². The predicted octanol–water partition coefficient (Wildman–Crippen LogP) is 0.467. The van der Waals surface area contributed by atoms with Crippen LogP contribution in [0.3, 0.4) is 0 Å². The normalized spacial score (nSPS) is 20.0. The van der Waals surface area contributed by atoms with Crippen molar-refractivity contribution in [2.24, 2.45) is 5.92 Å². The van der Waals surface area contributed by atoms with Crippen LogP contribution in [0, 0.1) is 5.92 Å². The lowest BCUT2D eigenvalue weighted by Gasteiger charge is -2.28. The summed E-state index contributed by atoms with van der Waals surface area (Å²) in [5.74, 6) is -0.584. The molecular weight excluding hydrogens is 310 g/mol. The molecule has 2 atom stereocenters. The van der Waals surface area contributed by atoms with Gasteiger partial charge < -0.3 is 20.3 Å². The Morgan fingerprint density at radius 3 is 2.67 bits per heavy atom. The Morgan fingerprint density at radius 2 is 2.04 bits per heavy atom. The van der Waals surface area contributed by atoms with Crippen molar-refractivity contribution >= 4 is 17.7 Å². The minimum absolute atomic E-state index is 0.0755. The second-order valence-electron chi connectivity index (χ2n) is 5.57. The average Bonchev–Trinajstić information content (AvgIpc) is 2.95. The van der Waals surface area contributed by atoms with Crippen LogP contribution in [0.1, 0.15) is 24.9 Å². The second kappa shape index (κ2) is 7.81. The molecule has 1 saturated heterocycles. The fourth-order valence-corrected chi connectivity index (χ4v) is 3.08. The molecule has 1 aliphatic heterocycles. The fraction of sp³-hybridized carbons (Fsp3) is 0.471. The predicted molar refractivity (Wildman–Crippen MR) is 88.3 cm³/mol. The molecule has 0 spiro atoms. The van der Waals surface area contributed by atoms with E-state index in [2.05, 4.69) is 10.6 Å². The quantitative estimate of drug-likeness (QED) is 0.792. The Bertz CT molecular complexity index is 632. The van der Waals surface area contributed by atoms with Gasteiger partial charge in [-0.2, -0.15) is 0 Å². The molecule has 1 fully saturated rings. The van der Waals surface area contributed by atoms with Gasteiger partial charge in [0.25, 0.3) is 0 Å². The fourth-order valence-electron chi connectivity index (χ4n) is 3.08. The maximum atomic E-state index is 12.5. The highest BCUT2D eigenvalue weighted by Crippen LogP contribution is 2.41. The number of rotatable bonds is 6. The van der Waals surface area contributed by atoms with Crippen molar-refractivity contribution < 1.29 is 19.1 Å². The van der Waals surface area contributed by atoms with Crippen LogP contribution in [0.15, 0.2) is 24.3 Å². The monoisotopic (exact) mass is 333 g/mol. The number of nitrogens with zero attached hydrogens (tertiary/aromatic N) is 1. The van der Waals surface area contributed by atoms with Gasteiger partial charge >= 0.3 is 0 Å². The molecule has 0 aromatic heterocycles. The summed E-state index contributed by atoms with van der Waals surface area (Å²) in [5, 5.41) is 5.06. The summed E-state index contributed by atoms with van der Waals surface area (Å²) in [6.07, 6.45) is 0.121. The number of methoxy groups -OCH3 is 1. The van der Waals surface area contributed by atoms with Gasteiger partial charge in [0.15, 0.2) is 0 Å². The smallest absolute Gasteiger partial charge is 0.239 e. The highest BCUT2D eigenvalue weighted by molar-refractivity contribution is 5.92. The van der Waals surface area contributed by atoms with Crippen LogP contribution in [0.2, 0.25) is 0 Å². The number of benzene rings is 1. The number of likely N-dealkylation sites (tertiary alicyclic amines) is 1. The zero-order chi connectivity index (χ0) is 17.7. The number of nitrogens with one attached hydrogen (secondary N) is 2. The number of hydrogen-bond donors (Lipinski definition) is 2. The first-order valence-corrected chi connectivity index (χ1v) is 7.94. The highest BCUT2D eigenvalue weighted by Gasteiger charge is 2.44. The standard InChI is InChI=1S/C17H23N3O4/c1-4-20-15(22)9-12(17(23)19-10-14(21)18-2)16(20)11-7-5-6-8-13(11)24-3/h5-8,12,16H,4,9-10H2,1-3H3,(H,18,21)(H,19,23)/t12-,16+/m1/s1. The van der Waals surface area contributed by atoms with Gasteiger partial charge in [0.05, 0.1) is 25.6 Å². The summed E-state index contributed by atoms with van der Waals surface area (Å²) in [6, 6.07) is 6.97. The van der Waals surface area contributed by atoms with Gasteiger partial charge in [0.2, 0.25) is 17.7 Å². The third-order valence-corrected chi connectivity index (χ3v) is 4.27. The first kappa shape index (κ1) is 17.8. The van der Waals surface area contributed by atoms with E-state index < -0.39 is 12.0 Å². The van der Waals surface area contributed by atoms with Gasteiger partial charge in [0, 0.05) is 25.6 Å². The average molecular weight is 333 g/mol. The Labute approximate surface area is 141 Å². The number of likely N-dealkylation sites (N-methyl/N-ethyl adjacent to an activating group) is 1. The summed E-state index contributed by atoms with van der Waals surface area (Å²) in [5.41, 5.74) is 0.799. The Balaban J connectivity index is 2.30. The maximum absolute atomic E-state index is 12.5. The van der Waals surface area contributed by atoms with Gasteiger partial charge in [-0.15, -0.1) is 0 Å². The molecule has 1 aromatic rings. The minimum Gasteiger partial charge on any atom is -0.496 e. The van der Waals surface area contributed by atoms with E-state index in [0.717, 1.165) is 5.56 Å². The molecule has 0 aliphatic carbocycles. The van der Waals surface area contributed by atoms with Crippen LogP contribution in [0.4, 0.5) is 0 Å². The van der Waals surface area contributed by atoms with Crippen LogP contribution in [0.5, 0.6) is 5.75 Å². The number of carbonyl (C=O) groups excluding carboxylic acids is 3. The van der Waals surface area contributed by atoms with E-state index in [0.29, 0.717) is 12.3 Å². The van der Waals surface area contributed by atoms with E-state index in [-0.39, 0.29) is 30.7 Å². The molecule has 0 radical (unpaired) electrons. The SMILES string of the molecule is CCN1C(=O)C[C@@H](C(=O)NCC(=O)NC)[C@@H]1c1ccccc1OC. The summed E-state index contributed by atoms with van der Waals surface area (Å²) in [4.78, 5) is 37.9. The van der Waals surface area contributed by atoms with E-state index in [9.17, 15) is 14.4 Å². The number of ether oxygens (including phenoxy) is 1. The maximum Gasteiger partial charge on any atom is 0.239 e. The molecule has 1 aromatic carbocycles. The van der Waals surface area contributed by atoms with Crippen LogP contribution < -0.4 is 15.4 Å². The summed E-state index contributed by atoms with van der Waals surface area (Å²) < 4.78 is 5.40. The lowest BCUT2D eigenvalue weighted by atomic mass is 9.92. The molecule has 7 heteroatoms. The molecule has 1 heterocycles. The lowest BCUT2D eigenvalue weighted by Crippen LogP contribution is -2.40. The van der Waals surface area contributed by atoms with Crippen LogP contribution >= 0.6 is 0 Å². The Hall–Kier alpha value is -2.57. The number of carbonyl (C=O) groups is 3. The summed E-state index contributed by atoms with van der Waals surface area (Å²) in [7, 11) is 3.07. The van der Waals surface area contributed by atoms with E-state index in [1.54, 1.807) is 12.0 Å². The van der Waals surface area contributed by atoms with Gasteiger partial charge in [-0.05, 0) is 13.0 Å². The minimum atomic E-state index is -0.557. The van der Waals surface area contributed by atoms with Crippen molar-refractivity contribution in [1.82, 2.24) is 15.5 Å².